The summed E-state index contributed by atoms with van der Waals surface area (Å²) >= 11 is 0. The SMILES string of the molecule is CCO[N+](C)(C)CCC1CO1. The normalized spacial score (nSPS) is 23.7. The Bertz CT molecular complexity index is 121. The van der Waals surface area contributed by atoms with Gasteiger partial charge in [-0.05, 0) is 6.92 Å². The lowest BCUT2D eigenvalue weighted by atomic mass is 10.3. The average molecular weight is 160 g/mol. The molecule has 1 atom stereocenters. The molecule has 66 valence electrons. The molecule has 1 aliphatic rings. The molecule has 11 heavy (non-hydrogen) atoms. The van der Waals surface area contributed by atoms with E-state index in [0.29, 0.717) is 10.8 Å². The maximum Gasteiger partial charge on any atom is 0.111 e. The molecule has 1 heterocycles. The highest BCUT2D eigenvalue weighted by atomic mass is 16.7. The summed E-state index contributed by atoms with van der Waals surface area (Å²) in [7, 11) is 4.15. The van der Waals surface area contributed by atoms with E-state index in [1.165, 1.54) is 0 Å². The lowest BCUT2D eigenvalue weighted by Crippen LogP contribution is -2.40. The Morgan fingerprint density at radius 2 is 2.18 bits per heavy atom. The number of nitrogens with zero attached hydrogens (tertiary/aromatic N) is 1. The standard InChI is InChI=1S/C8H18NO2/c1-4-11-9(2,3)6-5-8-7-10-8/h8H,4-7H2,1-3H3/q+1. The van der Waals surface area contributed by atoms with Gasteiger partial charge in [0.05, 0.1) is 26.8 Å². The van der Waals surface area contributed by atoms with E-state index < -0.39 is 0 Å². The van der Waals surface area contributed by atoms with Gasteiger partial charge in [0.1, 0.15) is 13.2 Å². The second-order valence-electron chi connectivity index (χ2n) is 3.46. The number of quaternary nitrogens is 1. The number of ether oxygens (including phenoxy) is 1. The second kappa shape index (κ2) is 3.52. The number of epoxide rings is 1. The van der Waals surface area contributed by atoms with E-state index in [-0.39, 0.29) is 0 Å². The fourth-order valence-electron chi connectivity index (χ4n) is 1.10. The first-order valence-electron chi connectivity index (χ1n) is 4.23. The molecule has 0 aliphatic carbocycles. The van der Waals surface area contributed by atoms with Gasteiger partial charge in [-0.2, -0.15) is 4.65 Å². The first-order chi connectivity index (χ1) is 5.14. The van der Waals surface area contributed by atoms with Crippen molar-refractivity contribution in [2.75, 3.05) is 33.9 Å². The zero-order chi connectivity index (χ0) is 8.32. The van der Waals surface area contributed by atoms with Crippen LogP contribution in [-0.4, -0.2) is 44.6 Å². The maximum absolute atomic E-state index is 5.49. The topological polar surface area (TPSA) is 21.8 Å². The third-order valence-electron chi connectivity index (χ3n) is 1.87. The van der Waals surface area contributed by atoms with E-state index in [4.69, 9.17) is 9.57 Å². The van der Waals surface area contributed by atoms with E-state index in [0.717, 1.165) is 26.2 Å². The Morgan fingerprint density at radius 3 is 2.64 bits per heavy atom. The van der Waals surface area contributed by atoms with E-state index >= 15 is 0 Å². The minimum atomic E-state index is 0.521. The molecular formula is C8H18NO2+. The molecule has 1 rings (SSSR count). The van der Waals surface area contributed by atoms with Crippen molar-refractivity contribution >= 4 is 0 Å². The Morgan fingerprint density at radius 1 is 1.55 bits per heavy atom. The summed E-state index contributed by atoms with van der Waals surface area (Å²) in [6.45, 7) is 4.79. The number of hydroxylamine groups is 3. The highest BCUT2D eigenvalue weighted by molar-refractivity contribution is 4.67. The highest BCUT2D eigenvalue weighted by Gasteiger charge is 2.27. The summed E-state index contributed by atoms with van der Waals surface area (Å²) in [5.41, 5.74) is 0. The Balaban J connectivity index is 2.09. The first kappa shape index (κ1) is 8.97. The van der Waals surface area contributed by atoms with Gasteiger partial charge in [-0.25, -0.2) is 4.84 Å². The highest BCUT2D eigenvalue weighted by Crippen LogP contribution is 2.15. The summed E-state index contributed by atoms with van der Waals surface area (Å²) in [5.74, 6) is 0. The summed E-state index contributed by atoms with van der Waals surface area (Å²) in [6, 6.07) is 0. The Labute approximate surface area is 68.4 Å². The molecule has 0 spiro atoms. The van der Waals surface area contributed by atoms with Crippen molar-refractivity contribution in [2.45, 2.75) is 19.4 Å². The van der Waals surface area contributed by atoms with Crippen molar-refractivity contribution < 1.29 is 14.2 Å². The number of rotatable bonds is 5. The summed E-state index contributed by atoms with van der Waals surface area (Å²) in [5, 5.41) is 0. The molecule has 0 aromatic heterocycles. The van der Waals surface area contributed by atoms with Crippen molar-refractivity contribution in [3.63, 3.8) is 0 Å². The summed E-state index contributed by atoms with van der Waals surface area (Å²) in [4.78, 5) is 5.49. The van der Waals surface area contributed by atoms with Gasteiger partial charge < -0.3 is 4.74 Å². The second-order valence-corrected chi connectivity index (χ2v) is 3.46. The maximum atomic E-state index is 5.49. The minimum Gasteiger partial charge on any atom is -0.373 e. The van der Waals surface area contributed by atoms with Gasteiger partial charge in [-0.1, -0.05) is 0 Å². The largest absolute Gasteiger partial charge is 0.373 e. The number of hydrogen-bond donors (Lipinski definition) is 0. The van der Waals surface area contributed by atoms with Gasteiger partial charge in [-0.15, -0.1) is 0 Å². The van der Waals surface area contributed by atoms with Crippen LogP contribution in [-0.2, 0) is 9.57 Å². The fourth-order valence-corrected chi connectivity index (χ4v) is 1.10. The average Bonchev–Trinajstić information content (AvgIpc) is 2.65. The molecular weight excluding hydrogens is 142 g/mol. The van der Waals surface area contributed by atoms with Crippen LogP contribution in [0.1, 0.15) is 13.3 Å². The summed E-state index contributed by atoms with van der Waals surface area (Å²) in [6.07, 6.45) is 1.64. The van der Waals surface area contributed by atoms with Gasteiger partial charge >= 0.3 is 0 Å². The van der Waals surface area contributed by atoms with Crippen LogP contribution in [0.25, 0.3) is 0 Å². The smallest absolute Gasteiger partial charge is 0.111 e. The first-order valence-corrected chi connectivity index (χ1v) is 4.23. The van der Waals surface area contributed by atoms with Crippen molar-refractivity contribution in [2.24, 2.45) is 0 Å². The molecule has 1 aliphatic heterocycles. The third-order valence-corrected chi connectivity index (χ3v) is 1.87. The lowest BCUT2D eigenvalue weighted by molar-refractivity contribution is -1.08. The van der Waals surface area contributed by atoms with Crippen LogP contribution >= 0.6 is 0 Å². The van der Waals surface area contributed by atoms with E-state index in [9.17, 15) is 0 Å². The van der Waals surface area contributed by atoms with Crippen LogP contribution in [0.3, 0.4) is 0 Å². The van der Waals surface area contributed by atoms with Crippen LogP contribution < -0.4 is 0 Å². The summed E-state index contributed by atoms with van der Waals surface area (Å²) < 4.78 is 5.77. The third kappa shape index (κ3) is 3.70. The molecule has 3 nitrogen and oxygen atoms in total. The van der Waals surface area contributed by atoms with Crippen LogP contribution in [0.5, 0.6) is 0 Å². The molecule has 0 radical (unpaired) electrons. The van der Waals surface area contributed by atoms with Crippen LogP contribution in [0.2, 0.25) is 0 Å². The molecule has 0 aromatic rings. The van der Waals surface area contributed by atoms with E-state index in [2.05, 4.69) is 14.1 Å². The molecule has 3 heteroatoms. The van der Waals surface area contributed by atoms with Gasteiger partial charge in [0.15, 0.2) is 0 Å². The molecule has 0 aromatic carbocycles. The molecule has 1 saturated heterocycles. The van der Waals surface area contributed by atoms with Gasteiger partial charge in [0, 0.05) is 6.42 Å². The zero-order valence-corrected chi connectivity index (χ0v) is 7.67. The molecule has 0 amide bonds. The number of hydrogen-bond acceptors (Lipinski definition) is 2. The lowest BCUT2D eigenvalue weighted by Gasteiger charge is -2.25. The molecule has 0 bridgehead atoms. The Hall–Kier alpha value is -0.120. The molecule has 1 unspecified atom stereocenters. The van der Waals surface area contributed by atoms with Crippen molar-refractivity contribution in [1.29, 1.82) is 0 Å². The molecule has 1 fully saturated rings. The van der Waals surface area contributed by atoms with Crippen LogP contribution in [0, 0.1) is 0 Å². The van der Waals surface area contributed by atoms with Crippen molar-refractivity contribution in [1.82, 2.24) is 0 Å². The van der Waals surface area contributed by atoms with Crippen molar-refractivity contribution in [3.05, 3.63) is 0 Å². The Kier molecular flexibility index (Phi) is 2.87. The van der Waals surface area contributed by atoms with Crippen LogP contribution in [0.15, 0.2) is 0 Å². The molecule has 0 saturated carbocycles. The minimum absolute atomic E-state index is 0.521. The monoisotopic (exact) mass is 160 g/mol. The molecule has 0 N–H and O–H groups in total. The predicted molar refractivity (Wildman–Crippen MR) is 43.0 cm³/mol. The zero-order valence-electron chi connectivity index (χ0n) is 7.67. The quantitative estimate of drug-likeness (QED) is 0.337. The van der Waals surface area contributed by atoms with E-state index in [1.54, 1.807) is 0 Å². The fraction of sp³-hybridized carbons (Fsp3) is 1.00. The van der Waals surface area contributed by atoms with E-state index in [1.807, 2.05) is 6.92 Å². The van der Waals surface area contributed by atoms with Crippen LogP contribution in [0.4, 0.5) is 0 Å². The van der Waals surface area contributed by atoms with Gasteiger partial charge in [0.25, 0.3) is 0 Å². The van der Waals surface area contributed by atoms with Gasteiger partial charge in [-0.3, -0.25) is 0 Å². The predicted octanol–water partition coefficient (Wildman–Crippen LogP) is 0.803. The van der Waals surface area contributed by atoms with Crippen molar-refractivity contribution in [3.8, 4) is 0 Å². The van der Waals surface area contributed by atoms with Gasteiger partial charge in [0.2, 0.25) is 0 Å².